The molecule has 4 nitrogen and oxygen atoms in total. The first kappa shape index (κ1) is 16.1. The average Bonchev–Trinajstić information content (AvgIpc) is 2.17. The molecular formula is C9H14F3NO3S. The molecule has 8 heteroatoms. The van der Waals surface area contributed by atoms with E-state index in [1.807, 2.05) is 12.2 Å². The van der Waals surface area contributed by atoms with Gasteiger partial charge in [0, 0.05) is 5.54 Å². The molecule has 0 fully saturated rings. The first-order chi connectivity index (χ1) is 7.52. The van der Waals surface area contributed by atoms with E-state index in [2.05, 4.69) is 19.1 Å². The van der Waals surface area contributed by atoms with Crippen LogP contribution in [0.2, 0.25) is 0 Å². The molecule has 0 aliphatic heterocycles. The number of hydrogen-bond acceptors (Lipinski definition) is 3. The summed E-state index contributed by atoms with van der Waals surface area (Å²) in [5.74, 6) is 0. The van der Waals surface area contributed by atoms with Crippen LogP contribution >= 0.6 is 0 Å². The lowest BCUT2D eigenvalue weighted by molar-refractivity contribution is -0.0510. The van der Waals surface area contributed by atoms with Crippen molar-refractivity contribution in [1.29, 1.82) is 0 Å². The minimum Gasteiger partial charge on any atom is -0.322 e. The lowest BCUT2D eigenvalue weighted by Gasteiger charge is -2.23. The van der Waals surface area contributed by atoms with Gasteiger partial charge >= 0.3 is 15.6 Å². The fourth-order valence-electron chi connectivity index (χ4n) is 0.943. The van der Waals surface area contributed by atoms with E-state index in [9.17, 15) is 13.2 Å². The van der Waals surface area contributed by atoms with Crippen molar-refractivity contribution in [3.8, 4) is 0 Å². The number of allylic oxidation sites excluding steroid dienone is 2. The quantitative estimate of drug-likeness (QED) is 0.565. The van der Waals surface area contributed by atoms with Gasteiger partial charge in [0.15, 0.2) is 0 Å². The molecule has 0 aromatic carbocycles. The molecule has 1 aliphatic carbocycles. The summed E-state index contributed by atoms with van der Waals surface area (Å²) in [7, 11) is -5.84. The minimum atomic E-state index is -5.84. The number of nitrogens with two attached hydrogens (primary N) is 1. The second-order valence-electron chi connectivity index (χ2n) is 3.50. The zero-order chi connectivity index (χ0) is 13.7. The molecule has 0 radical (unpaired) electrons. The monoisotopic (exact) mass is 273 g/mol. The van der Waals surface area contributed by atoms with Crippen molar-refractivity contribution in [2.45, 2.75) is 30.8 Å². The Kier molecular flexibility index (Phi) is 5.37. The molecule has 0 saturated carbocycles. The van der Waals surface area contributed by atoms with Gasteiger partial charge in [0.1, 0.15) is 0 Å². The highest BCUT2D eigenvalue weighted by molar-refractivity contribution is 7.86. The molecule has 0 saturated heterocycles. The third-order valence-corrected chi connectivity index (χ3v) is 2.71. The lowest BCUT2D eigenvalue weighted by atomic mass is 9.90. The van der Waals surface area contributed by atoms with Gasteiger partial charge < -0.3 is 5.73 Å². The summed E-state index contributed by atoms with van der Waals surface area (Å²) in [5.41, 5.74) is 0.339. The molecule has 1 aliphatic rings. The molecule has 0 bridgehead atoms. The van der Waals surface area contributed by atoms with Crippen molar-refractivity contribution in [1.82, 2.24) is 0 Å². The molecule has 17 heavy (non-hydrogen) atoms. The van der Waals surface area contributed by atoms with Gasteiger partial charge in [0.2, 0.25) is 0 Å². The predicted octanol–water partition coefficient (Wildman–Crippen LogP) is 2.00. The Morgan fingerprint density at radius 2 is 1.88 bits per heavy atom. The summed E-state index contributed by atoms with van der Waals surface area (Å²) in [6, 6.07) is 0. The van der Waals surface area contributed by atoms with Gasteiger partial charge in [-0.25, -0.2) is 0 Å². The molecule has 0 heterocycles. The van der Waals surface area contributed by atoms with E-state index >= 15 is 0 Å². The zero-order valence-corrected chi connectivity index (χ0v) is 9.92. The topological polar surface area (TPSA) is 80.4 Å². The lowest BCUT2D eigenvalue weighted by Crippen LogP contribution is -2.36. The van der Waals surface area contributed by atoms with Crippen LogP contribution in [-0.2, 0) is 10.1 Å². The van der Waals surface area contributed by atoms with E-state index in [1.54, 1.807) is 0 Å². The first-order valence-corrected chi connectivity index (χ1v) is 6.13. The average molecular weight is 273 g/mol. The van der Waals surface area contributed by atoms with Crippen molar-refractivity contribution >= 4 is 10.1 Å². The number of hydrogen-bond donors (Lipinski definition) is 2. The molecule has 0 aromatic rings. The Hall–Kier alpha value is -0.860. The van der Waals surface area contributed by atoms with Gasteiger partial charge in [0.25, 0.3) is 0 Å². The van der Waals surface area contributed by atoms with Crippen LogP contribution in [0, 0.1) is 0 Å². The number of halogens is 3. The third kappa shape index (κ3) is 5.85. The smallest absolute Gasteiger partial charge is 0.322 e. The molecule has 3 N–H and O–H groups in total. The van der Waals surface area contributed by atoms with E-state index in [0.29, 0.717) is 0 Å². The standard InChI is InChI=1S/C8H13N.CHF3O3S/c1-2-8(9)6-4-3-5-7-8;2-1(3,4)8(5,6)7/h3-6H,2,7,9H2,1H3;(H,5,6,7). The van der Waals surface area contributed by atoms with Crippen LogP contribution in [0.1, 0.15) is 19.8 Å². The second-order valence-corrected chi connectivity index (χ2v) is 4.91. The molecule has 0 amide bonds. The Morgan fingerprint density at radius 1 is 1.41 bits per heavy atom. The molecule has 0 aromatic heterocycles. The molecule has 100 valence electrons. The van der Waals surface area contributed by atoms with Crippen LogP contribution in [0.3, 0.4) is 0 Å². The Balaban J connectivity index is 0.000000304. The minimum absolute atomic E-state index is 0.0469. The largest absolute Gasteiger partial charge is 0.522 e. The highest BCUT2D eigenvalue weighted by Gasteiger charge is 2.44. The summed E-state index contributed by atoms with van der Waals surface area (Å²) >= 11 is 0. The molecular weight excluding hydrogens is 259 g/mol. The Bertz CT molecular complexity index is 400. The van der Waals surface area contributed by atoms with E-state index in [1.165, 1.54) is 0 Å². The highest BCUT2D eigenvalue weighted by atomic mass is 32.2. The predicted molar refractivity (Wildman–Crippen MR) is 57.7 cm³/mol. The Morgan fingerprint density at radius 3 is 2.06 bits per heavy atom. The van der Waals surface area contributed by atoms with Crippen LogP contribution in [0.4, 0.5) is 13.2 Å². The fourth-order valence-corrected chi connectivity index (χ4v) is 0.943. The van der Waals surface area contributed by atoms with Crippen LogP contribution < -0.4 is 5.73 Å². The van der Waals surface area contributed by atoms with E-state index < -0.39 is 15.6 Å². The van der Waals surface area contributed by atoms with Gasteiger partial charge in [-0.2, -0.15) is 21.6 Å². The van der Waals surface area contributed by atoms with E-state index in [-0.39, 0.29) is 5.54 Å². The Labute approximate surface area is 97.7 Å². The summed E-state index contributed by atoms with van der Waals surface area (Å²) in [6.07, 6.45) is 10.3. The van der Waals surface area contributed by atoms with Crippen molar-refractivity contribution < 1.29 is 26.1 Å². The third-order valence-electron chi connectivity index (χ3n) is 2.12. The maximum Gasteiger partial charge on any atom is 0.522 e. The van der Waals surface area contributed by atoms with Crippen molar-refractivity contribution in [3.63, 3.8) is 0 Å². The van der Waals surface area contributed by atoms with Crippen LogP contribution in [0.15, 0.2) is 24.3 Å². The molecule has 1 rings (SSSR count). The maximum atomic E-state index is 10.7. The first-order valence-electron chi connectivity index (χ1n) is 4.69. The maximum absolute atomic E-state index is 10.7. The highest BCUT2D eigenvalue weighted by Crippen LogP contribution is 2.20. The fraction of sp³-hybridized carbons (Fsp3) is 0.556. The van der Waals surface area contributed by atoms with E-state index in [4.69, 9.17) is 18.7 Å². The van der Waals surface area contributed by atoms with Gasteiger partial charge in [-0.05, 0) is 12.8 Å². The van der Waals surface area contributed by atoms with E-state index in [0.717, 1.165) is 12.8 Å². The summed E-state index contributed by atoms with van der Waals surface area (Å²) in [5, 5.41) is 0. The summed E-state index contributed by atoms with van der Waals surface area (Å²) in [4.78, 5) is 0. The number of alkyl halides is 3. The second kappa shape index (κ2) is 5.65. The van der Waals surface area contributed by atoms with Crippen LogP contribution in [0.25, 0.3) is 0 Å². The molecule has 1 atom stereocenters. The van der Waals surface area contributed by atoms with Crippen LogP contribution in [-0.4, -0.2) is 24.0 Å². The van der Waals surface area contributed by atoms with Gasteiger partial charge in [-0.3, -0.25) is 4.55 Å². The van der Waals surface area contributed by atoms with Crippen molar-refractivity contribution in [2.75, 3.05) is 0 Å². The van der Waals surface area contributed by atoms with Gasteiger partial charge in [0.05, 0.1) is 0 Å². The molecule has 0 spiro atoms. The van der Waals surface area contributed by atoms with Gasteiger partial charge in [-0.1, -0.05) is 31.2 Å². The van der Waals surface area contributed by atoms with Crippen molar-refractivity contribution in [2.24, 2.45) is 5.73 Å². The SMILES string of the molecule is CCC1(N)C=CC=CC1.O=S(=O)(O)C(F)(F)F. The van der Waals surface area contributed by atoms with Gasteiger partial charge in [-0.15, -0.1) is 0 Å². The normalized spacial score (nSPS) is 24.1. The summed E-state index contributed by atoms with van der Waals surface area (Å²) in [6.45, 7) is 2.11. The number of rotatable bonds is 1. The summed E-state index contributed by atoms with van der Waals surface area (Å²) < 4.78 is 57.5. The molecule has 1 unspecified atom stereocenters. The van der Waals surface area contributed by atoms with Crippen LogP contribution in [0.5, 0.6) is 0 Å². The van der Waals surface area contributed by atoms with Crippen molar-refractivity contribution in [3.05, 3.63) is 24.3 Å². The zero-order valence-electron chi connectivity index (χ0n) is 9.11.